The number of nitrogens with two attached hydrogens (primary N) is 1. The molecule has 6 fully saturated rings. The Hall–Kier alpha value is -9.42. The van der Waals surface area contributed by atoms with E-state index < -0.39 is 47.3 Å². The summed E-state index contributed by atoms with van der Waals surface area (Å²) >= 11 is 0. The Balaban J connectivity index is 0.568. The zero-order valence-electron chi connectivity index (χ0n) is 58.2. The molecule has 0 radical (unpaired) electrons. The summed E-state index contributed by atoms with van der Waals surface area (Å²) in [5.74, 6) is -1.64. The Labute approximate surface area is 589 Å². The first-order valence-corrected chi connectivity index (χ1v) is 35.6. The van der Waals surface area contributed by atoms with Crippen molar-refractivity contribution in [2.24, 2.45) is 11.3 Å². The number of hydrogen-bond acceptors (Lipinski definition) is 21. The highest BCUT2D eigenvalue weighted by atomic mass is 16.5. The third-order valence-electron chi connectivity index (χ3n) is 20.9. The number of nitrogen functional groups attached to an aromatic ring is 1. The molecule has 536 valence electrons. The Morgan fingerprint density at radius 1 is 0.832 bits per heavy atom. The number of carboxylic acid groups (broad SMARTS) is 1. The van der Waals surface area contributed by atoms with Crippen LogP contribution in [0.15, 0.2) is 108 Å². The molecule has 6 aromatic rings. The quantitative estimate of drug-likeness (QED) is 0.0184. The van der Waals surface area contributed by atoms with Gasteiger partial charge < -0.3 is 75.0 Å². The molecular weight excluding hydrogens is 1290 g/mol. The molecular formula is C75H94N14O12. The zero-order chi connectivity index (χ0) is 70.9. The molecule has 2 saturated carbocycles. The predicted octanol–water partition coefficient (Wildman–Crippen LogP) is 7.88. The van der Waals surface area contributed by atoms with E-state index in [1.165, 1.54) is 4.90 Å². The molecule has 101 heavy (non-hydrogen) atoms. The van der Waals surface area contributed by atoms with E-state index in [9.17, 15) is 39.4 Å². The highest BCUT2D eigenvalue weighted by Gasteiger charge is 2.52. The number of fused-ring (bicyclic) bond motifs is 2. The van der Waals surface area contributed by atoms with Crippen molar-refractivity contribution in [3.63, 3.8) is 0 Å². The molecule has 26 nitrogen and oxygen atoms in total. The molecule has 3 aromatic heterocycles. The minimum atomic E-state index is -1.49. The summed E-state index contributed by atoms with van der Waals surface area (Å²) in [6.07, 6.45) is 9.83. The summed E-state index contributed by atoms with van der Waals surface area (Å²) in [5.41, 5.74) is 11.2. The number of β-amino-alcohol motifs (C(OH)–C–C–N with tert-alkyl or cyclic N) is 1. The van der Waals surface area contributed by atoms with E-state index in [4.69, 9.17) is 29.2 Å². The van der Waals surface area contributed by atoms with Crippen molar-refractivity contribution in [1.82, 2.24) is 45.7 Å². The van der Waals surface area contributed by atoms with Crippen LogP contribution in [0.1, 0.15) is 139 Å². The van der Waals surface area contributed by atoms with Crippen LogP contribution in [0, 0.1) is 22.7 Å². The van der Waals surface area contributed by atoms with Gasteiger partial charge in [0.15, 0.2) is 11.6 Å². The maximum absolute atomic E-state index is 14.2. The van der Waals surface area contributed by atoms with Crippen LogP contribution in [0.25, 0.3) is 11.3 Å². The fraction of sp³-hybridized carbons (Fsp3) is 0.520. The monoisotopic (exact) mass is 1380 g/mol. The first kappa shape index (κ1) is 71.4. The first-order chi connectivity index (χ1) is 48.8. The second-order valence-corrected chi connectivity index (χ2v) is 28.6. The number of carbonyl (C=O) groups is 5. The highest BCUT2D eigenvalue weighted by Crippen LogP contribution is 2.43. The largest absolute Gasteiger partial charge is 0.488 e. The van der Waals surface area contributed by atoms with Gasteiger partial charge in [0.1, 0.15) is 48.5 Å². The van der Waals surface area contributed by atoms with Gasteiger partial charge in [-0.3, -0.25) is 28.9 Å². The van der Waals surface area contributed by atoms with E-state index >= 15 is 0 Å². The van der Waals surface area contributed by atoms with E-state index in [0.29, 0.717) is 72.6 Å². The minimum Gasteiger partial charge on any atom is -0.488 e. The molecule has 7 N–H and O–H groups in total. The molecule has 2 aliphatic carbocycles. The van der Waals surface area contributed by atoms with Crippen LogP contribution in [-0.2, 0) is 35.3 Å². The van der Waals surface area contributed by atoms with Gasteiger partial charge in [0.05, 0.1) is 47.4 Å². The van der Waals surface area contributed by atoms with Gasteiger partial charge in [-0.1, -0.05) is 56.7 Å². The molecule has 3 aromatic carbocycles. The smallest absolute Gasteiger partial charge is 0.319 e. The molecule has 26 heteroatoms. The molecule has 7 atom stereocenters. The second-order valence-electron chi connectivity index (χ2n) is 28.6. The third kappa shape index (κ3) is 17.0. The molecule has 7 heterocycles. The van der Waals surface area contributed by atoms with Crippen LogP contribution in [0.4, 0.5) is 22.9 Å². The van der Waals surface area contributed by atoms with Crippen LogP contribution in [0.2, 0.25) is 0 Å². The van der Waals surface area contributed by atoms with E-state index in [2.05, 4.69) is 74.1 Å². The van der Waals surface area contributed by atoms with Crippen molar-refractivity contribution in [1.29, 1.82) is 5.26 Å². The Kier molecular flexibility index (Phi) is 22.7. The Morgan fingerprint density at radius 3 is 2.27 bits per heavy atom. The number of nitrogens with one attached hydrogen (secondary N) is 3. The maximum Gasteiger partial charge on any atom is 0.319 e. The summed E-state index contributed by atoms with van der Waals surface area (Å²) in [6.45, 7) is 11.0. The van der Waals surface area contributed by atoms with Crippen molar-refractivity contribution in [3.05, 3.63) is 126 Å². The average Bonchev–Trinajstić information content (AvgIpc) is 1.42. The van der Waals surface area contributed by atoms with E-state index in [-0.39, 0.29) is 92.5 Å². The second kappa shape index (κ2) is 32.1. The summed E-state index contributed by atoms with van der Waals surface area (Å²) < 4.78 is 31.3. The Bertz CT molecular complexity index is 3890. The van der Waals surface area contributed by atoms with Crippen LogP contribution in [0.5, 0.6) is 17.5 Å². The van der Waals surface area contributed by atoms with Gasteiger partial charge >= 0.3 is 5.97 Å². The van der Waals surface area contributed by atoms with Gasteiger partial charge in [-0.25, -0.2) is 4.98 Å². The number of carbonyl (C=O) groups excluding carboxylic acids is 4. The average molecular weight is 1380 g/mol. The number of aliphatic hydroxyl groups excluding tert-OH is 1. The number of para-hydroxylation sites is 1. The van der Waals surface area contributed by atoms with Crippen molar-refractivity contribution in [3.8, 4) is 34.8 Å². The summed E-state index contributed by atoms with van der Waals surface area (Å²) in [4.78, 5) is 82.1. The molecule has 12 rings (SSSR count). The fourth-order valence-corrected chi connectivity index (χ4v) is 14.9. The molecule has 4 aliphatic heterocycles. The standard InChI is InChI=1S/C75H94N14O12/c1-46(2)68(72(93)88-44-55(90)36-63(88)71(92)79-47(3)50-18-14-48(41-76)15-19-50)65-40-67(84-101-65)97-34-33-86-31-25-56(26-32-86)99-57-37-58(38-57)100-66-35-52(24-29-78-66)89-53-22-23-54(89)43-87(42-53)62-39-61(82-83-69(62)77)59-11-6-7-13-64(59)98-45-49-16-20-51(21-17-49)80-70(91)60(12-8-9-30-85(4)5)81-73(94)75(74(95)96)27-10-28-75/h6-7,11,13-21,24,29,35,39-40,46-47,53-58,60,63,68,90H,8-10,12,22-23,25-28,30-34,36-38,42-45H2,1-5H3,(H2,77,83)(H,79,92)(H,80,91)(H,81,94)(H,95,96)/t47-,53?,54?,55+,57-,58-,60-,63-,68+/m0/s1. The molecule has 2 bridgehead atoms. The lowest BCUT2D eigenvalue weighted by Crippen LogP contribution is -2.55. The zero-order valence-corrected chi connectivity index (χ0v) is 58.2. The first-order valence-electron chi connectivity index (χ1n) is 35.6. The van der Waals surface area contributed by atoms with Crippen LogP contribution in [0.3, 0.4) is 0 Å². The van der Waals surface area contributed by atoms with E-state index in [0.717, 1.165) is 106 Å². The van der Waals surface area contributed by atoms with Crippen molar-refractivity contribution in [2.75, 3.05) is 87.4 Å². The number of benzene rings is 3. The third-order valence-corrected chi connectivity index (χ3v) is 20.9. The number of unbranched alkanes of at least 4 members (excludes halogenated alkanes) is 1. The molecule has 2 unspecified atom stereocenters. The fourth-order valence-electron chi connectivity index (χ4n) is 14.9. The van der Waals surface area contributed by atoms with Crippen LogP contribution < -0.4 is 45.7 Å². The van der Waals surface area contributed by atoms with Crippen molar-refractivity contribution >= 4 is 52.5 Å². The topological polar surface area (TPSA) is 330 Å². The number of hydrogen-bond donors (Lipinski definition) is 6. The van der Waals surface area contributed by atoms with Crippen molar-refractivity contribution < 1.29 is 57.7 Å². The molecule has 4 saturated heterocycles. The van der Waals surface area contributed by atoms with E-state index in [1.54, 1.807) is 42.5 Å². The number of pyridine rings is 1. The van der Waals surface area contributed by atoms with Crippen LogP contribution >= 0.6 is 0 Å². The Morgan fingerprint density at radius 2 is 1.57 bits per heavy atom. The molecule has 6 aliphatic rings. The molecule has 0 spiro atoms. The lowest BCUT2D eigenvalue weighted by molar-refractivity contribution is -0.162. The van der Waals surface area contributed by atoms with Gasteiger partial charge in [-0.15, -0.1) is 10.2 Å². The maximum atomic E-state index is 14.2. The highest BCUT2D eigenvalue weighted by molar-refractivity contribution is 6.05. The number of amides is 4. The van der Waals surface area contributed by atoms with E-state index in [1.807, 2.05) is 83.5 Å². The van der Waals surface area contributed by atoms with Gasteiger partial charge in [0.2, 0.25) is 29.5 Å². The number of aliphatic carboxylic acids is 1. The van der Waals surface area contributed by atoms with Gasteiger partial charge in [0, 0.05) is 106 Å². The number of piperazine rings is 1. The predicted molar refractivity (Wildman–Crippen MR) is 377 cm³/mol. The van der Waals surface area contributed by atoms with Crippen molar-refractivity contribution in [2.45, 2.75) is 171 Å². The normalized spacial score (nSPS) is 22.0. The number of nitriles is 1. The van der Waals surface area contributed by atoms with Gasteiger partial charge in [-0.05, 0) is 156 Å². The number of aliphatic hydroxyl groups is 1. The van der Waals surface area contributed by atoms with Gasteiger partial charge in [-0.2, -0.15) is 5.26 Å². The number of aromatic nitrogens is 4. The van der Waals surface area contributed by atoms with Crippen LogP contribution in [-0.4, -0.2) is 190 Å². The number of likely N-dealkylation sites (tertiary alicyclic amines) is 2. The summed E-state index contributed by atoms with van der Waals surface area (Å²) in [7, 11) is 3.95. The molecule has 4 amide bonds. The summed E-state index contributed by atoms with van der Waals surface area (Å²) in [6, 6.07) is 30.1. The van der Waals surface area contributed by atoms with Gasteiger partial charge in [0.25, 0.3) is 5.88 Å². The number of rotatable bonds is 30. The number of nitrogens with zero attached hydrogens (tertiary/aromatic N) is 10. The summed E-state index contributed by atoms with van der Waals surface area (Å²) in [5, 5.41) is 51.6. The minimum absolute atomic E-state index is 0.0111. The number of anilines is 4. The number of carboxylic acids is 1. The number of piperidine rings is 1. The number of ether oxygens (including phenoxy) is 4. The lowest BCUT2D eigenvalue weighted by atomic mass is 9.68. The lowest BCUT2D eigenvalue weighted by Gasteiger charge is -2.43. The SMILES string of the molecule is CC(C)[C@@H](C(=O)N1C[C@H](O)C[C@H]1C(=O)N[C@@H](C)c1ccc(C#N)cc1)c1cc(OCCN2CCC(O[C@H]3C[C@H](Oc4cc(N5C6CCC5CN(c5cc(-c7ccccc7OCc7ccc(NC(=O)[C@H](CCCCN(C)C)NC(=O)C8(C(=O)O)CCC8)cc7)nnc5N)C6)ccn4)C3)CC2)no1.